The van der Waals surface area contributed by atoms with Crippen LogP contribution in [0.2, 0.25) is 0 Å². The van der Waals surface area contributed by atoms with Gasteiger partial charge in [-0.1, -0.05) is 0 Å². The SMILES string of the molecule is O=C(c1ccncc1)N1CC[C@@H]2[C@@H]1CCN2S(=O)(=O)C1CC1. The van der Waals surface area contributed by atoms with Crippen molar-refractivity contribution in [1.82, 2.24) is 14.2 Å². The van der Waals surface area contributed by atoms with E-state index in [-0.39, 0.29) is 23.2 Å². The number of carbonyl (C=O) groups excluding carboxylic acids is 1. The first-order chi connectivity index (χ1) is 10.6. The van der Waals surface area contributed by atoms with E-state index < -0.39 is 10.0 Å². The number of hydrogen-bond donors (Lipinski definition) is 0. The Balaban J connectivity index is 1.54. The second-order valence-corrected chi connectivity index (χ2v) is 8.47. The highest BCUT2D eigenvalue weighted by atomic mass is 32.2. The Morgan fingerprint density at radius 1 is 1.05 bits per heavy atom. The van der Waals surface area contributed by atoms with Crippen LogP contribution in [-0.2, 0) is 10.0 Å². The Morgan fingerprint density at radius 3 is 2.41 bits per heavy atom. The van der Waals surface area contributed by atoms with Crippen molar-refractivity contribution in [3.05, 3.63) is 30.1 Å². The van der Waals surface area contributed by atoms with Gasteiger partial charge in [-0.2, -0.15) is 4.31 Å². The number of hydrogen-bond acceptors (Lipinski definition) is 4. The van der Waals surface area contributed by atoms with E-state index in [1.807, 2.05) is 4.90 Å². The first-order valence-electron chi connectivity index (χ1n) is 7.80. The van der Waals surface area contributed by atoms with Crippen LogP contribution < -0.4 is 0 Å². The quantitative estimate of drug-likeness (QED) is 0.828. The van der Waals surface area contributed by atoms with Crippen LogP contribution >= 0.6 is 0 Å². The number of aromatic nitrogens is 1. The lowest BCUT2D eigenvalue weighted by Gasteiger charge is -2.25. The molecule has 4 rings (SSSR count). The molecule has 1 amide bonds. The van der Waals surface area contributed by atoms with Crippen LogP contribution in [0.3, 0.4) is 0 Å². The number of amides is 1. The maximum absolute atomic E-state index is 12.6. The van der Waals surface area contributed by atoms with Gasteiger partial charge < -0.3 is 4.90 Å². The van der Waals surface area contributed by atoms with Gasteiger partial charge in [-0.15, -0.1) is 0 Å². The molecule has 0 spiro atoms. The molecule has 3 fully saturated rings. The number of sulfonamides is 1. The van der Waals surface area contributed by atoms with Gasteiger partial charge in [-0.3, -0.25) is 9.78 Å². The van der Waals surface area contributed by atoms with Crippen molar-refractivity contribution in [2.24, 2.45) is 0 Å². The van der Waals surface area contributed by atoms with E-state index in [0.717, 1.165) is 25.7 Å². The van der Waals surface area contributed by atoms with Crippen LogP contribution in [0, 0.1) is 0 Å². The fourth-order valence-corrected chi connectivity index (χ4v) is 5.83. The lowest BCUT2D eigenvalue weighted by Crippen LogP contribution is -2.42. The second-order valence-electron chi connectivity index (χ2n) is 6.30. The molecular formula is C15H19N3O3S. The maximum Gasteiger partial charge on any atom is 0.254 e. The Kier molecular flexibility index (Phi) is 3.23. The molecule has 0 bridgehead atoms. The summed E-state index contributed by atoms with van der Waals surface area (Å²) < 4.78 is 26.7. The number of pyridine rings is 1. The Bertz CT molecular complexity index is 687. The summed E-state index contributed by atoms with van der Waals surface area (Å²) in [6, 6.07) is 3.41. The topological polar surface area (TPSA) is 70.6 Å². The van der Waals surface area contributed by atoms with Crippen molar-refractivity contribution in [3.63, 3.8) is 0 Å². The van der Waals surface area contributed by atoms with Crippen LogP contribution in [0.1, 0.15) is 36.0 Å². The average Bonchev–Trinajstić information content (AvgIpc) is 3.18. The normalized spacial score (nSPS) is 28.8. The first kappa shape index (κ1) is 14.1. The molecule has 0 unspecified atom stereocenters. The molecule has 7 heteroatoms. The lowest BCUT2D eigenvalue weighted by molar-refractivity contribution is 0.0735. The van der Waals surface area contributed by atoms with Crippen LogP contribution in [0.15, 0.2) is 24.5 Å². The van der Waals surface area contributed by atoms with Crippen LogP contribution in [0.4, 0.5) is 0 Å². The summed E-state index contributed by atoms with van der Waals surface area (Å²) >= 11 is 0. The summed E-state index contributed by atoms with van der Waals surface area (Å²) in [5, 5.41) is -0.170. The van der Waals surface area contributed by atoms with Gasteiger partial charge in [0.2, 0.25) is 10.0 Å². The molecule has 1 aliphatic carbocycles. The van der Waals surface area contributed by atoms with Gasteiger partial charge in [0.25, 0.3) is 5.91 Å². The molecule has 1 saturated carbocycles. The van der Waals surface area contributed by atoms with Crippen LogP contribution in [0.25, 0.3) is 0 Å². The molecule has 1 aromatic heterocycles. The van der Waals surface area contributed by atoms with Gasteiger partial charge in [0.15, 0.2) is 0 Å². The van der Waals surface area contributed by atoms with Gasteiger partial charge in [0.1, 0.15) is 0 Å². The molecule has 6 nitrogen and oxygen atoms in total. The molecule has 3 heterocycles. The van der Waals surface area contributed by atoms with Gasteiger partial charge >= 0.3 is 0 Å². The predicted molar refractivity (Wildman–Crippen MR) is 80.7 cm³/mol. The van der Waals surface area contributed by atoms with Crippen LogP contribution in [-0.4, -0.2) is 58.9 Å². The second kappa shape index (κ2) is 5.03. The molecule has 2 saturated heterocycles. The maximum atomic E-state index is 12.6. The highest BCUT2D eigenvalue weighted by Gasteiger charge is 2.52. The van der Waals surface area contributed by atoms with E-state index in [1.165, 1.54) is 0 Å². The smallest absolute Gasteiger partial charge is 0.254 e. The van der Waals surface area contributed by atoms with Crippen molar-refractivity contribution in [1.29, 1.82) is 0 Å². The van der Waals surface area contributed by atoms with Crippen molar-refractivity contribution < 1.29 is 13.2 Å². The zero-order valence-electron chi connectivity index (χ0n) is 12.3. The third kappa shape index (κ3) is 2.14. The van der Waals surface area contributed by atoms with E-state index in [2.05, 4.69) is 4.98 Å². The van der Waals surface area contributed by atoms with E-state index in [4.69, 9.17) is 0 Å². The molecule has 118 valence electrons. The lowest BCUT2D eigenvalue weighted by atomic mass is 10.1. The summed E-state index contributed by atoms with van der Waals surface area (Å²) in [6.45, 7) is 1.18. The Morgan fingerprint density at radius 2 is 1.73 bits per heavy atom. The van der Waals surface area contributed by atoms with E-state index in [0.29, 0.717) is 18.7 Å². The van der Waals surface area contributed by atoms with Crippen molar-refractivity contribution in [2.75, 3.05) is 13.1 Å². The standard InChI is InChI=1S/C15H19N3O3S/c19-15(11-3-7-16-8-4-11)17-9-5-14-13(17)6-10-18(14)22(20,21)12-1-2-12/h3-4,7-8,12-14H,1-2,5-6,9-10H2/t13-,14+/m0/s1. The summed E-state index contributed by atoms with van der Waals surface area (Å²) in [5.41, 5.74) is 0.624. The Labute approximate surface area is 130 Å². The first-order valence-corrected chi connectivity index (χ1v) is 9.31. The summed E-state index contributed by atoms with van der Waals surface area (Å²) in [7, 11) is -3.15. The number of likely N-dealkylation sites (tertiary alicyclic amines) is 1. The Hall–Kier alpha value is -1.47. The molecule has 22 heavy (non-hydrogen) atoms. The molecule has 3 aliphatic rings. The van der Waals surface area contributed by atoms with E-state index in [9.17, 15) is 13.2 Å². The highest BCUT2D eigenvalue weighted by molar-refractivity contribution is 7.90. The van der Waals surface area contributed by atoms with E-state index >= 15 is 0 Å². The summed E-state index contributed by atoms with van der Waals surface area (Å²) in [6.07, 6.45) is 6.28. The zero-order chi connectivity index (χ0) is 15.3. The minimum Gasteiger partial charge on any atom is -0.334 e. The highest BCUT2D eigenvalue weighted by Crippen LogP contribution is 2.39. The van der Waals surface area contributed by atoms with Crippen molar-refractivity contribution in [2.45, 2.75) is 43.0 Å². The largest absolute Gasteiger partial charge is 0.334 e. The molecule has 2 atom stereocenters. The van der Waals surface area contributed by atoms with Crippen molar-refractivity contribution >= 4 is 15.9 Å². The predicted octanol–water partition coefficient (Wildman–Crippen LogP) is 0.863. The van der Waals surface area contributed by atoms with Gasteiger partial charge in [0, 0.05) is 43.1 Å². The van der Waals surface area contributed by atoms with E-state index in [1.54, 1.807) is 28.8 Å². The fourth-order valence-electron chi connectivity index (χ4n) is 3.73. The van der Waals surface area contributed by atoms with Gasteiger partial charge in [0.05, 0.1) is 5.25 Å². The molecule has 1 aromatic rings. The third-order valence-electron chi connectivity index (χ3n) is 4.99. The average molecular weight is 321 g/mol. The third-order valence-corrected chi connectivity index (χ3v) is 7.41. The number of nitrogens with zero attached hydrogens (tertiary/aromatic N) is 3. The van der Waals surface area contributed by atoms with Crippen molar-refractivity contribution in [3.8, 4) is 0 Å². The molecule has 0 N–H and O–H groups in total. The minimum atomic E-state index is -3.15. The number of rotatable bonds is 3. The number of fused-ring (bicyclic) bond motifs is 1. The minimum absolute atomic E-state index is 0.0134. The molecule has 0 aromatic carbocycles. The van der Waals surface area contributed by atoms with Crippen LogP contribution in [0.5, 0.6) is 0 Å². The molecule has 0 radical (unpaired) electrons. The summed E-state index contributed by atoms with van der Waals surface area (Å²) in [4.78, 5) is 18.4. The summed E-state index contributed by atoms with van der Waals surface area (Å²) in [5.74, 6) is -0.0134. The number of carbonyl (C=O) groups is 1. The monoisotopic (exact) mass is 321 g/mol. The zero-order valence-corrected chi connectivity index (χ0v) is 13.1. The molecule has 2 aliphatic heterocycles. The molecular weight excluding hydrogens is 302 g/mol. The van der Waals surface area contributed by atoms with Gasteiger partial charge in [-0.05, 0) is 37.8 Å². The fraction of sp³-hybridized carbons (Fsp3) is 0.600. The van der Waals surface area contributed by atoms with Gasteiger partial charge in [-0.25, -0.2) is 8.42 Å².